The SMILES string of the molecule is NC(N)=NCCC[C@@H]1N[C@H](CNC(=O)c2cc(CI)cc(CI)c2)CCN(CC(c2ccccc2)c2ccccc2)C1=O. The van der Waals surface area contributed by atoms with Gasteiger partial charge in [-0.3, -0.25) is 14.6 Å². The number of alkyl halides is 2. The summed E-state index contributed by atoms with van der Waals surface area (Å²) in [6.45, 7) is 2.05. The summed E-state index contributed by atoms with van der Waals surface area (Å²) in [5, 5.41) is 6.70. The topological polar surface area (TPSA) is 126 Å². The highest BCUT2D eigenvalue weighted by Gasteiger charge is 2.32. The first kappa shape index (κ1) is 33.2. The van der Waals surface area contributed by atoms with E-state index in [0.29, 0.717) is 44.6 Å². The number of nitrogens with zero attached hydrogens (tertiary/aromatic N) is 2. The predicted molar refractivity (Wildman–Crippen MR) is 191 cm³/mol. The van der Waals surface area contributed by atoms with Gasteiger partial charge in [-0.2, -0.15) is 0 Å². The molecule has 4 rings (SSSR count). The number of carbonyl (C=O) groups excluding carboxylic acids is 2. The first-order chi connectivity index (χ1) is 20.9. The van der Waals surface area contributed by atoms with Crippen LogP contribution < -0.4 is 22.1 Å². The molecule has 0 radical (unpaired) electrons. The minimum absolute atomic E-state index is 0.0437. The van der Waals surface area contributed by atoms with Crippen LogP contribution in [0, 0.1) is 0 Å². The molecule has 3 aromatic rings. The molecule has 1 aliphatic rings. The molecular formula is C33H40I2N6O2. The van der Waals surface area contributed by atoms with Crippen molar-refractivity contribution in [1.82, 2.24) is 15.5 Å². The standard InChI is InChI=1S/C33H40I2N6O2/c34-19-23-16-24(20-35)18-27(17-23)31(42)39-21-28-13-15-41(32(43)30(40-28)12-7-14-38-33(36)37)22-29(25-8-3-1-4-9-25)26-10-5-2-6-11-26/h1-6,8-11,16-18,28-30,40H,7,12-15,19-22H2,(H,39,42)(H4,36,37,38)/t28-,30-/m0/s1. The number of halogens is 2. The molecule has 0 aromatic heterocycles. The van der Waals surface area contributed by atoms with E-state index in [1.54, 1.807) is 0 Å². The summed E-state index contributed by atoms with van der Waals surface area (Å²) in [6.07, 6.45) is 1.98. The van der Waals surface area contributed by atoms with Gasteiger partial charge in [0.15, 0.2) is 5.96 Å². The fourth-order valence-corrected chi connectivity index (χ4v) is 6.38. The highest BCUT2D eigenvalue weighted by molar-refractivity contribution is 14.1. The van der Waals surface area contributed by atoms with Crippen LogP contribution in [0.1, 0.15) is 57.8 Å². The van der Waals surface area contributed by atoms with Crippen LogP contribution in [0.3, 0.4) is 0 Å². The molecule has 1 fully saturated rings. The highest BCUT2D eigenvalue weighted by atomic mass is 127. The molecule has 1 saturated heterocycles. The van der Waals surface area contributed by atoms with E-state index in [1.807, 2.05) is 53.4 Å². The molecule has 2 amide bonds. The van der Waals surface area contributed by atoms with Crippen LogP contribution in [-0.2, 0) is 13.6 Å². The van der Waals surface area contributed by atoms with E-state index < -0.39 is 6.04 Å². The largest absolute Gasteiger partial charge is 0.370 e. The molecule has 0 unspecified atom stereocenters. The summed E-state index contributed by atoms with van der Waals surface area (Å²) in [4.78, 5) is 33.3. The maximum Gasteiger partial charge on any atom is 0.251 e. The van der Waals surface area contributed by atoms with E-state index in [2.05, 4.69) is 91.1 Å². The minimum atomic E-state index is -0.404. The van der Waals surface area contributed by atoms with Crippen LogP contribution in [0.4, 0.5) is 0 Å². The minimum Gasteiger partial charge on any atom is -0.370 e. The number of nitrogens with two attached hydrogens (primary N) is 2. The molecule has 228 valence electrons. The zero-order valence-corrected chi connectivity index (χ0v) is 28.5. The molecule has 2 atom stereocenters. The Bertz CT molecular complexity index is 1310. The lowest BCUT2D eigenvalue weighted by Crippen LogP contribution is -2.49. The van der Waals surface area contributed by atoms with Gasteiger partial charge in [0.1, 0.15) is 0 Å². The predicted octanol–water partition coefficient (Wildman–Crippen LogP) is 4.73. The molecule has 8 nitrogen and oxygen atoms in total. The fraction of sp³-hybridized carbons (Fsp3) is 0.364. The summed E-state index contributed by atoms with van der Waals surface area (Å²) in [7, 11) is 0. The van der Waals surface area contributed by atoms with Gasteiger partial charge in [-0.25, -0.2) is 0 Å². The summed E-state index contributed by atoms with van der Waals surface area (Å²) < 4.78 is 1.69. The Hall–Kier alpha value is -2.71. The average Bonchev–Trinajstić information content (AvgIpc) is 3.18. The molecule has 1 heterocycles. The van der Waals surface area contributed by atoms with Crippen molar-refractivity contribution in [2.24, 2.45) is 16.5 Å². The second kappa shape index (κ2) is 17.0. The van der Waals surface area contributed by atoms with Gasteiger partial charge in [0.25, 0.3) is 5.91 Å². The molecule has 43 heavy (non-hydrogen) atoms. The van der Waals surface area contributed by atoms with Crippen molar-refractivity contribution in [1.29, 1.82) is 0 Å². The van der Waals surface area contributed by atoms with Crippen molar-refractivity contribution < 1.29 is 9.59 Å². The number of hydrogen-bond acceptors (Lipinski definition) is 4. The van der Waals surface area contributed by atoms with Gasteiger partial charge in [-0.05, 0) is 53.6 Å². The lowest BCUT2D eigenvalue weighted by molar-refractivity contribution is -0.133. The van der Waals surface area contributed by atoms with Crippen molar-refractivity contribution in [3.05, 3.63) is 107 Å². The van der Waals surface area contributed by atoms with E-state index in [0.717, 1.165) is 26.4 Å². The summed E-state index contributed by atoms with van der Waals surface area (Å²) >= 11 is 4.65. The van der Waals surface area contributed by atoms with Crippen molar-refractivity contribution in [3.8, 4) is 0 Å². The number of guanidine groups is 1. The third-order valence-corrected chi connectivity index (χ3v) is 9.44. The number of nitrogens with one attached hydrogen (secondary N) is 2. The molecule has 0 bridgehead atoms. The summed E-state index contributed by atoms with van der Waals surface area (Å²) in [6, 6.07) is 26.3. The van der Waals surface area contributed by atoms with Crippen LogP contribution in [-0.4, -0.2) is 60.9 Å². The van der Waals surface area contributed by atoms with Gasteiger partial charge in [-0.15, -0.1) is 0 Å². The normalized spacial score (nSPS) is 17.0. The van der Waals surface area contributed by atoms with Crippen LogP contribution in [0.25, 0.3) is 0 Å². The van der Waals surface area contributed by atoms with E-state index in [-0.39, 0.29) is 29.7 Å². The number of hydrogen-bond donors (Lipinski definition) is 4. The Balaban J connectivity index is 1.51. The van der Waals surface area contributed by atoms with Gasteiger partial charge in [0.2, 0.25) is 5.91 Å². The third kappa shape index (κ3) is 9.90. The lowest BCUT2D eigenvalue weighted by Gasteiger charge is -2.29. The maximum absolute atomic E-state index is 14.0. The van der Waals surface area contributed by atoms with Gasteiger partial charge in [-0.1, -0.05) is 112 Å². The maximum atomic E-state index is 14.0. The number of aliphatic imine (C=N–C) groups is 1. The van der Waals surface area contributed by atoms with Crippen molar-refractivity contribution in [3.63, 3.8) is 0 Å². The van der Waals surface area contributed by atoms with Crippen molar-refractivity contribution in [2.75, 3.05) is 26.2 Å². The van der Waals surface area contributed by atoms with E-state index >= 15 is 0 Å². The van der Waals surface area contributed by atoms with E-state index in [9.17, 15) is 9.59 Å². The highest BCUT2D eigenvalue weighted by Crippen LogP contribution is 2.27. The Morgan fingerprint density at radius 1 is 0.977 bits per heavy atom. The number of benzene rings is 3. The molecule has 0 spiro atoms. The van der Waals surface area contributed by atoms with E-state index in [4.69, 9.17) is 11.5 Å². The van der Waals surface area contributed by atoms with E-state index in [1.165, 1.54) is 11.1 Å². The number of amides is 2. The third-order valence-electron chi connectivity index (χ3n) is 7.68. The Labute approximate surface area is 281 Å². The smallest absolute Gasteiger partial charge is 0.251 e. The van der Waals surface area contributed by atoms with Crippen LogP contribution >= 0.6 is 45.2 Å². The van der Waals surface area contributed by atoms with Crippen LogP contribution in [0.15, 0.2) is 83.9 Å². The second-order valence-corrected chi connectivity index (χ2v) is 12.4. The van der Waals surface area contributed by atoms with Crippen molar-refractivity contribution in [2.45, 2.75) is 46.1 Å². The molecule has 0 saturated carbocycles. The van der Waals surface area contributed by atoms with Crippen LogP contribution in [0.2, 0.25) is 0 Å². The van der Waals surface area contributed by atoms with Gasteiger partial charge in [0.05, 0.1) is 6.04 Å². The van der Waals surface area contributed by atoms with Gasteiger partial charge >= 0.3 is 0 Å². The van der Waals surface area contributed by atoms with Gasteiger partial charge in [0, 0.05) is 52.6 Å². The second-order valence-electron chi connectivity index (χ2n) is 10.8. The first-order valence-electron chi connectivity index (χ1n) is 14.6. The molecule has 10 heteroatoms. The quantitative estimate of drug-likeness (QED) is 0.0654. The average molecular weight is 807 g/mol. The Morgan fingerprint density at radius 2 is 1.58 bits per heavy atom. The molecule has 0 aliphatic carbocycles. The first-order valence-corrected chi connectivity index (χ1v) is 17.7. The number of rotatable bonds is 13. The van der Waals surface area contributed by atoms with Crippen molar-refractivity contribution >= 4 is 63.0 Å². The molecule has 3 aromatic carbocycles. The van der Waals surface area contributed by atoms with Gasteiger partial charge < -0.3 is 27.0 Å². The zero-order chi connectivity index (χ0) is 30.6. The summed E-state index contributed by atoms with van der Waals surface area (Å²) in [5.41, 5.74) is 16.3. The molecule has 1 aliphatic heterocycles. The Morgan fingerprint density at radius 3 is 2.14 bits per heavy atom. The van der Waals surface area contributed by atoms with Crippen LogP contribution in [0.5, 0.6) is 0 Å². The molecule has 6 N–H and O–H groups in total. The number of carbonyl (C=O) groups is 2. The Kier molecular flexibility index (Phi) is 13.1. The zero-order valence-electron chi connectivity index (χ0n) is 24.2. The summed E-state index contributed by atoms with van der Waals surface area (Å²) in [5.74, 6) is 0.0665. The monoisotopic (exact) mass is 806 g/mol. The lowest BCUT2D eigenvalue weighted by atomic mass is 9.90. The fourth-order valence-electron chi connectivity index (χ4n) is 5.49. The molecular weight excluding hydrogens is 766 g/mol.